The Labute approximate surface area is 177 Å². The third-order valence-electron chi connectivity index (χ3n) is 5.56. The molecule has 0 bridgehead atoms. The third-order valence-corrected chi connectivity index (χ3v) is 5.56. The number of rotatable bonds is 6. The molecule has 4 rings (SSSR count). The summed E-state index contributed by atoms with van der Waals surface area (Å²) in [6.07, 6.45) is 1.77. The van der Waals surface area contributed by atoms with Gasteiger partial charge in [0.05, 0.1) is 7.11 Å². The molecule has 7 heteroatoms. The van der Waals surface area contributed by atoms with Crippen LogP contribution in [0.5, 0.6) is 5.75 Å². The summed E-state index contributed by atoms with van der Waals surface area (Å²) in [5.74, 6) is 1.61. The molecule has 3 heterocycles. The molecule has 0 saturated carbocycles. The van der Waals surface area contributed by atoms with Gasteiger partial charge < -0.3 is 14.2 Å². The second-order valence-electron chi connectivity index (χ2n) is 8.19. The molecule has 0 atom stereocenters. The molecule has 1 aliphatic heterocycles. The predicted molar refractivity (Wildman–Crippen MR) is 118 cm³/mol. The van der Waals surface area contributed by atoms with Crippen LogP contribution in [-0.4, -0.2) is 52.7 Å². The molecule has 0 spiro atoms. The number of methoxy groups -OCH3 is 1. The van der Waals surface area contributed by atoms with E-state index in [1.807, 2.05) is 12.1 Å². The van der Waals surface area contributed by atoms with Gasteiger partial charge in [-0.05, 0) is 36.2 Å². The van der Waals surface area contributed by atoms with Gasteiger partial charge in [-0.25, -0.2) is 9.97 Å². The summed E-state index contributed by atoms with van der Waals surface area (Å²) in [5, 5.41) is 10.2. The van der Waals surface area contributed by atoms with Crippen LogP contribution < -0.4 is 9.64 Å². The van der Waals surface area contributed by atoms with Gasteiger partial charge in [0.1, 0.15) is 17.5 Å². The van der Waals surface area contributed by atoms with Crippen molar-refractivity contribution in [1.82, 2.24) is 19.4 Å². The Balaban J connectivity index is 1.48. The van der Waals surface area contributed by atoms with Crippen LogP contribution in [-0.2, 0) is 13.1 Å². The van der Waals surface area contributed by atoms with Gasteiger partial charge in [-0.1, -0.05) is 13.8 Å². The number of nitriles is 1. The lowest BCUT2D eigenvalue weighted by atomic mass is 10.2. The maximum Gasteiger partial charge on any atom is 0.234 e. The average Bonchev–Trinajstić information content (AvgIpc) is 3.10. The van der Waals surface area contributed by atoms with Gasteiger partial charge >= 0.3 is 0 Å². The van der Waals surface area contributed by atoms with Crippen LogP contribution in [0.2, 0.25) is 0 Å². The zero-order chi connectivity index (χ0) is 21.1. The van der Waals surface area contributed by atoms with Crippen molar-refractivity contribution in [2.75, 3.05) is 38.2 Å². The zero-order valence-electron chi connectivity index (χ0n) is 17.9. The van der Waals surface area contributed by atoms with Crippen molar-refractivity contribution in [3.8, 4) is 11.8 Å². The number of hydrogen-bond donors (Lipinski definition) is 0. The van der Waals surface area contributed by atoms with E-state index in [2.05, 4.69) is 62.5 Å². The first-order chi connectivity index (χ1) is 14.6. The fourth-order valence-electron chi connectivity index (χ4n) is 4.03. The highest BCUT2D eigenvalue weighted by Gasteiger charge is 2.20. The van der Waals surface area contributed by atoms with Crippen molar-refractivity contribution >= 4 is 16.7 Å². The summed E-state index contributed by atoms with van der Waals surface area (Å²) >= 11 is 0. The summed E-state index contributed by atoms with van der Waals surface area (Å²) in [6, 6.07) is 12.5. The van der Waals surface area contributed by atoms with E-state index in [4.69, 9.17) is 4.74 Å². The Hall–Kier alpha value is -3.11. The van der Waals surface area contributed by atoms with Gasteiger partial charge in [0.2, 0.25) is 5.82 Å². The highest BCUT2D eigenvalue weighted by molar-refractivity contribution is 5.77. The van der Waals surface area contributed by atoms with E-state index in [0.717, 1.165) is 56.1 Å². The number of ether oxygens (including phenoxy) is 1. The second kappa shape index (κ2) is 8.72. The highest BCUT2D eigenvalue weighted by atomic mass is 16.5. The molecule has 0 radical (unpaired) electrons. The number of fused-ring (bicyclic) bond motifs is 1. The van der Waals surface area contributed by atoms with Gasteiger partial charge in [-0.2, -0.15) is 5.26 Å². The molecule has 1 saturated heterocycles. The first-order valence-electron chi connectivity index (χ1n) is 10.4. The van der Waals surface area contributed by atoms with Crippen LogP contribution in [0.3, 0.4) is 0 Å². The quantitative estimate of drug-likeness (QED) is 0.628. The van der Waals surface area contributed by atoms with Crippen LogP contribution in [0.25, 0.3) is 11.0 Å². The lowest BCUT2D eigenvalue weighted by Gasteiger charge is -2.36. The number of hydrogen-bond acceptors (Lipinski definition) is 6. The summed E-state index contributed by atoms with van der Waals surface area (Å²) < 4.78 is 7.52. The Bertz CT molecular complexity index is 1040. The molecule has 0 amide bonds. The molecule has 1 aromatic carbocycles. The van der Waals surface area contributed by atoms with E-state index < -0.39 is 0 Å². The van der Waals surface area contributed by atoms with Crippen molar-refractivity contribution in [2.24, 2.45) is 5.92 Å². The fourth-order valence-corrected chi connectivity index (χ4v) is 4.03. The van der Waals surface area contributed by atoms with E-state index in [1.165, 1.54) is 11.4 Å². The number of anilines is 1. The number of piperazine rings is 1. The SMILES string of the molecule is COc1ccc(N2CCN(Cc3cc4cnc(C#N)nc4n3CC(C)C)CC2)cc1. The molecule has 0 aliphatic carbocycles. The van der Waals surface area contributed by atoms with Crippen LogP contribution in [0.1, 0.15) is 25.4 Å². The largest absolute Gasteiger partial charge is 0.497 e. The first-order valence-corrected chi connectivity index (χ1v) is 10.4. The van der Waals surface area contributed by atoms with Crippen LogP contribution in [0, 0.1) is 17.2 Å². The normalized spacial score (nSPS) is 15.0. The monoisotopic (exact) mass is 404 g/mol. The summed E-state index contributed by atoms with van der Waals surface area (Å²) in [5.41, 5.74) is 3.34. The molecule has 2 aromatic heterocycles. The van der Waals surface area contributed by atoms with E-state index >= 15 is 0 Å². The molecule has 0 N–H and O–H groups in total. The second-order valence-corrected chi connectivity index (χ2v) is 8.19. The minimum absolute atomic E-state index is 0.227. The molecule has 1 fully saturated rings. The van der Waals surface area contributed by atoms with Gasteiger partial charge in [0.25, 0.3) is 0 Å². The molecule has 30 heavy (non-hydrogen) atoms. The third kappa shape index (κ3) is 4.24. The first kappa shape index (κ1) is 20.2. The summed E-state index contributed by atoms with van der Waals surface area (Å²) in [4.78, 5) is 13.5. The van der Waals surface area contributed by atoms with Crippen LogP contribution >= 0.6 is 0 Å². The Morgan fingerprint density at radius 3 is 2.50 bits per heavy atom. The molecule has 156 valence electrons. The van der Waals surface area contributed by atoms with E-state index in [0.29, 0.717) is 5.92 Å². The average molecular weight is 405 g/mol. The minimum atomic E-state index is 0.227. The molecule has 0 unspecified atom stereocenters. The van der Waals surface area contributed by atoms with Gasteiger partial charge in [-0.15, -0.1) is 0 Å². The van der Waals surface area contributed by atoms with E-state index in [-0.39, 0.29) is 5.82 Å². The van der Waals surface area contributed by atoms with E-state index in [9.17, 15) is 5.26 Å². The fraction of sp³-hybridized carbons (Fsp3) is 0.435. The molecular weight excluding hydrogens is 376 g/mol. The molecule has 1 aliphatic rings. The standard InChI is InChI=1S/C23H28N6O/c1-17(2)15-29-20(12-18-14-25-22(13-24)26-23(18)29)16-27-8-10-28(11-9-27)19-4-6-21(30-3)7-5-19/h4-7,12,14,17H,8-11,15-16H2,1-3H3. The molecular formula is C23H28N6O. The Morgan fingerprint density at radius 1 is 1.13 bits per heavy atom. The molecule has 7 nitrogen and oxygen atoms in total. The van der Waals surface area contributed by atoms with Crippen molar-refractivity contribution in [3.63, 3.8) is 0 Å². The maximum absolute atomic E-state index is 9.18. The Kier molecular flexibility index (Phi) is 5.86. The summed E-state index contributed by atoms with van der Waals surface area (Å²) in [6.45, 7) is 10.2. The van der Waals surface area contributed by atoms with Crippen molar-refractivity contribution < 1.29 is 4.74 Å². The number of benzene rings is 1. The lowest BCUT2D eigenvalue weighted by Crippen LogP contribution is -2.46. The predicted octanol–water partition coefficient (Wildman–Crippen LogP) is 3.29. The molecule has 3 aromatic rings. The number of aromatic nitrogens is 3. The maximum atomic E-state index is 9.18. The Morgan fingerprint density at radius 2 is 1.87 bits per heavy atom. The number of nitrogens with zero attached hydrogens (tertiary/aromatic N) is 6. The lowest BCUT2D eigenvalue weighted by molar-refractivity contribution is 0.243. The van der Waals surface area contributed by atoms with Gasteiger partial charge in [0.15, 0.2) is 0 Å². The highest BCUT2D eigenvalue weighted by Crippen LogP contribution is 2.23. The van der Waals surface area contributed by atoms with Gasteiger partial charge in [0, 0.05) is 62.2 Å². The summed E-state index contributed by atoms with van der Waals surface area (Å²) in [7, 11) is 1.69. The smallest absolute Gasteiger partial charge is 0.234 e. The van der Waals surface area contributed by atoms with Crippen LogP contribution in [0.15, 0.2) is 36.5 Å². The van der Waals surface area contributed by atoms with E-state index in [1.54, 1.807) is 13.3 Å². The van der Waals surface area contributed by atoms with Crippen molar-refractivity contribution in [1.29, 1.82) is 5.26 Å². The van der Waals surface area contributed by atoms with Gasteiger partial charge in [-0.3, -0.25) is 4.90 Å². The van der Waals surface area contributed by atoms with Crippen LogP contribution in [0.4, 0.5) is 5.69 Å². The van der Waals surface area contributed by atoms with Crippen molar-refractivity contribution in [2.45, 2.75) is 26.9 Å². The zero-order valence-corrected chi connectivity index (χ0v) is 17.9. The van der Waals surface area contributed by atoms with Crippen molar-refractivity contribution in [3.05, 3.63) is 48.0 Å². The minimum Gasteiger partial charge on any atom is -0.497 e. The topological polar surface area (TPSA) is 70.2 Å².